The van der Waals surface area contributed by atoms with Crippen LogP contribution in [-0.2, 0) is 9.12 Å². The van der Waals surface area contributed by atoms with E-state index in [1.54, 1.807) is 6.92 Å². The molecule has 1 heterocycles. The Morgan fingerprint density at radius 1 is 1.50 bits per heavy atom. The normalized spacial score (nSPS) is 28.0. The molecule has 76 valence electrons. The van der Waals surface area contributed by atoms with Crippen molar-refractivity contribution in [3.63, 3.8) is 0 Å². The van der Waals surface area contributed by atoms with Gasteiger partial charge >= 0.3 is 0 Å². The Labute approximate surface area is 90.2 Å². The van der Waals surface area contributed by atoms with Crippen LogP contribution in [0.4, 0.5) is 0 Å². The number of carbonyl (C=O) groups excluding carboxylic acids is 1. The third-order valence-electron chi connectivity index (χ3n) is 2.48. The first kappa shape index (κ1) is 9.83. The topological polar surface area (TPSA) is 56.0 Å². The predicted molar refractivity (Wildman–Crippen MR) is 53.1 cm³/mol. The highest BCUT2D eigenvalue weighted by molar-refractivity contribution is 9.10. The van der Waals surface area contributed by atoms with Gasteiger partial charge < -0.3 is 4.52 Å². The van der Waals surface area contributed by atoms with Gasteiger partial charge in [0.1, 0.15) is 0 Å². The fourth-order valence-electron chi connectivity index (χ4n) is 1.68. The summed E-state index contributed by atoms with van der Waals surface area (Å²) < 4.78 is 4.33. The smallest absolute Gasteiger partial charge is 0.251 e. The monoisotopic (exact) mass is 258 g/mol. The number of alkyl halides is 1. The molecule has 1 fully saturated rings. The number of ketones is 1. The van der Waals surface area contributed by atoms with Gasteiger partial charge in [-0.15, -0.1) is 0 Å². The molecule has 1 unspecified atom stereocenters. The lowest BCUT2D eigenvalue weighted by molar-refractivity contribution is -0.123. The van der Waals surface area contributed by atoms with Gasteiger partial charge in [-0.2, -0.15) is 4.98 Å². The zero-order valence-corrected chi connectivity index (χ0v) is 9.50. The highest BCUT2D eigenvalue weighted by atomic mass is 79.9. The van der Waals surface area contributed by atoms with Gasteiger partial charge in [0.15, 0.2) is 15.9 Å². The van der Waals surface area contributed by atoms with Gasteiger partial charge in [0.2, 0.25) is 0 Å². The van der Waals surface area contributed by atoms with Crippen LogP contribution in [0.1, 0.15) is 37.4 Å². The van der Waals surface area contributed by atoms with Crippen molar-refractivity contribution in [2.24, 2.45) is 0 Å². The molecule has 0 N–H and O–H groups in total. The summed E-state index contributed by atoms with van der Waals surface area (Å²) >= 11 is 3.44. The van der Waals surface area contributed by atoms with Crippen LogP contribution in [0.15, 0.2) is 4.52 Å². The molecule has 1 aromatic heterocycles. The Morgan fingerprint density at radius 2 is 2.29 bits per heavy atom. The Kier molecular flexibility index (Phi) is 2.43. The summed E-state index contributed by atoms with van der Waals surface area (Å²) in [5, 5.41) is 3.70. The van der Waals surface area contributed by atoms with Gasteiger partial charge in [-0.05, 0) is 19.8 Å². The van der Waals surface area contributed by atoms with E-state index in [9.17, 15) is 4.79 Å². The summed E-state index contributed by atoms with van der Waals surface area (Å²) in [6.45, 7) is 1.75. The van der Waals surface area contributed by atoms with Crippen molar-refractivity contribution < 1.29 is 9.32 Å². The minimum Gasteiger partial charge on any atom is -0.337 e. The summed E-state index contributed by atoms with van der Waals surface area (Å²) in [5.41, 5.74) is 0. The fourth-order valence-corrected chi connectivity index (χ4v) is 2.32. The largest absolute Gasteiger partial charge is 0.337 e. The number of rotatable bonds is 1. The third-order valence-corrected chi connectivity index (χ3v) is 3.66. The van der Waals surface area contributed by atoms with Crippen molar-refractivity contribution in [2.45, 2.75) is 36.9 Å². The number of hydrogen-bond acceptors (Lipinski definition) is 4. The van der Waals surface area contributed by atoms with E-state index < -0.39 is 4.32 Å². The Bertz CT molecular complexity index is 363. The standard InChI is InChI=1S/C9H11BrN2O2/c1-6-11-8(14-12-6)9(10)5-3-2-4-7(9)13/h2-5H2,1H3. The second kappa shape index (κ2) is 3.46. The second-order valence-electron chi connectivity index (χ2n) is 3.58. The maximum atomic E-state index is 11.8. The number of aryl methyl sites for hydroxylation is 1. The van der Waals surface area contributed by atoms with Crippen LogP contribution in [-0.4, -0.2) is 15.9 Å². The van der Waals surface area contributed by atoms with Crippen molar-refractivity contribution >= 4 is 21.7 Å². The van der Waals surface area contributed by atoms with Crippen molar-refractivity contribution in [1.82, 2.24) is 10.1 Å². The summed E-state index contributed by atoms with van der Waals surface area (Å²) in [6.07, 6.45) is 3.30. The van der Waals surface area contributed by atoms with E-state index >= 15 is 0 Å². The second-order valence-corrected chi connectivity index (χ2v) is 4.93. The molecule has 1 aromatic rings. The van der Waals surface area contributed by atoms with E-state index in [0.717, 1.165) is 19.3 Å². The van der Waals surface area contributed by atoms with Gasteiger partial charge in [-0.25, -0.2) is 0 Å². The molecule has 1 aliphatic rings. The molecule has 14 heavy (non-hydrogen) atoms. The molecule has 0 amide bonds. The minimum absolute atomic E-state index is 0.146. The fraction of sp³-hybridized carbons (Fsp3) is 0.667. The molecule has 0 aliphatic heterocycles. The third kappa shape index (κ3) is 1.49. The molecular formula is C9H11BrN2O2. The van der Waals surface area contributed by atoms with Crippen molar-refractivity contribution in [3.05, 3.63) is 11.7 Å². The molecule has 2 rings (SSSR count). The molecule has 1 aliphatic carbocycles. The molecule has 0 aromatic carbocycles. The minimum atomic E-state index is -0.716. The molecule has 0 radical (unpaired) electrons. The lowest BCUT2D eigenvalue weighted by Crippen LogP contribution is -2.32. The molecule has 5 heteroatoms. The molecule has 4 nitrogen and oxygen atoms in total. The number of carbonyl (C=O) groups is 1. The zero-order chi connectivity index (χ0) is 10.2. The summed E-state index contributed by atoms with van der Waals surface area (Å²) in [7, 11) is 0. The first-order valence-corrected chi connectivity index (χ1v) is 5.45. The van der Waals surface area contributed by atoms with Crippen LogP contribution in [0.5, 0.6) is 0 Å². The lowest BCUT2D eigenvalue weighted by Gasteiger charge is -2.25. The average Bonchev–Trinajstić information content (AvgIpc) is 2.58. The van der Waals surface area contributed by atoms with Gasteiger partial charge in [-0.1, -0.05) is 27.5 Å². The molecule has 0 bridgehead atoms. The van der Waals surface area contributed by atoms with Crippen molar-refractivity contribution in [2.75, 3.05) is 0 Å². The zero-order valence-electron chi connectivity index (χ0n) is 7.92. The van der Waals surface area contributed by atoms with Crippen molar-refractivity contribution in [3.8, 4) is 0 Å². The van der Waals surface area contributed by atoms with Crippen LogP contribution in [0.3, 0.4) is 0 Å². The maximum absolute atomic E-state index is 11.8. The highest BCUT2D eigenvalue weighted by Gasteiger charge is 2.43. The number of halogens is 1. The van der Waals surface area contributed by atoms with Gasteiger partial charge in [-0.3, -0.25) is 4.79 Å². The van der Waals surface area contributed by atoms with Gasteiger partial charge in [0, 0.05) is 6.42 Å². The summed E-state index contributed by atoms with van der Waals surface area (Å²) in [4.78, 5) is 15.9. The SMILES string of the molecule is Cc1noc(C2(Br)CCCCC2=O)n1. The van der Waals surface area contributed by atoms with Crippen LogP contribution in [0.25, 0.3) is 0 Å². The number of nitrogens with zero attached hydrogens (tertiary/aromatic N) is 2. The van der Waals surface area contributed by atoms with E-state index in [-0.39, 0.29) is 5.78 Å². The van der Waals surface area contributed by atoms with E-state index in [4.69, 9.17) is 4.52 Å². The molecule has 0 spiro atoms. The Balaban J connectivity index is 2.34. The van der Waals surface area contributed by atoms with E-state index in [2.05, 4.69) is 26.1 Å². The molecular weight excluding hydrogens is 248 g/mol. The maximum Gasteiger partial charge on any atom is 0.251 e. The molecule has 1 saturated carbocycles. The predicted octanol–water partition coefficient (Wildman–Crippen LogP) is 2.11. The van der Waals surface area contributed by atoms with E-state index in [0.29, 0.717) is 18.1 Å². The number of hydrogen-bond donors (Lipinski definition) is 0. The van der Waals surface area contributed by atoms with Crippen molar-refractivity contribution in [1.29, 1.82) is 0 Å². The number of aromatic nitrogens is 2. The Morgan fingerprint density at radius 3 is 2.86 bits per heavy atom. The van der Waals surface area contributed by atoms with Crippen LogP contribution in [0, 0.1) is 6.92 Å². The summed E-state index contributed by atoms with van der Waals surface area (Å²) in [6, 6.07) is 0. The lowest BCUT2D eigenvalue weighted by atomic mass is 9.87. The number of Topliss-reactive ketones (excluding diaryl/α,β-unsaturated/α-hetero) is 1. The van der Waals surface area contributed by atoms with Gasteiger partial charge in [0.25, 0.3) is 5.89 Å². The van der Waals surface area contributed by atoms with Crippen LogP contribution >= 0.6 is 15.9 Å². The van der Waals surface area contributed by atoms with E-state index in [1.165, 1.54) is 0 Å². The average molecular weight is 259 g/mol. The highest BCUT2D eigenvalue weighted by Crippen LogP contribution is 2.41. The van der Waals surface area contributed by atoms with Gasteiger partial charge in [0.05, 0.1) is 0 Å². The van der Waals surface area contributed by atoms with Crippen LogP contribution in [0.2, 0.25) is 0 Å². The van der Waals surface area contributed by atoms with E-state index in [1.807, 2.05) is 0 Å². The quantitative estimate of drug-likeness (QED) is 0.725. The first-order valence-electron chi connectivity index (χ1n) is 4.66. The Hall–Kier alpha value is -0.710. The summed E-state index contributed by atoms with van der Waals surface area (Å²) in [5.74, 6) is 1.12. The molecule has 1 atom stereocenters. The first-order chi connectivity index (χ1) is 6.63. The van der Waals surface area contributed by atoms with Crippen LogP contribution < -0.4 is 0 Å². The molecule has 0 saturated heterocycles.